The van der Waals surface area contributed by atoms with Gasteiger partial charge in [-0.1, -0.05) is 15.9 Å². The van der Waals surface area contributed by atoms with E-state index in [0.29, 0.717) is 5.56 Å². The molecule has 0 aliphatic carbocycles. The molecule has 17 heavy (non-hydrogen) atoms. The summed E-state index contributed by atoms with van der Waals surface area (Å²) >= 11 is 8.24. The van der Waals surface area contributed by atoms with Crippen molar-refractivity contribution in [2.75, 3.05) is 5.32 Å². The molecule has 1 amide bonds. The largest absolute Gasteiger partial charge is 0.322 e. The Labute approximate surface area is 120 Å². The van der Waals surface area contributed by atoms with E-state index in [-0.39, 0.29) is 5.91 Å². The molecule has 0 aliphatic heterocycles. The van der Waals surface area contributed by atoms with Crippen molar-refractivity contribution < 1.29 is 4.79 Å². The zero-order chi connectivity index (χ0) is 12.4. The fraction of sp³-hybridized carbons (Fsp3) is 0.0833. The minimum atomic E-state index is -0.0931. The Hall–Kier alpha value is -0.650. The summed E-state index contributed by atoms with van der Waals surface area (Å²) in [6, 6.07) is 7.62. The van der Waals surface area contributed by atoms with Crippen LogP contribution in [-0.2, 0) is 0 Å². The van der Waals surface area contributed by atoms with Gasteiger partial charge in [0, 0.05) is 15.5 Å². The molecule has 2 aromatic rings. The van der Waals surface area contributed by atoms with Gasteiger partial charge >= 0.3 is 0 Å². The molecule has 0 bridgehead atoms. The van der Waals surface area contributed by atoms with Crippen LogP contribution in [0, 0.1) is 6.92 Å². The predicted octanol–water partition coefficient (Wildman–Crippen LogP) is 4.83. The molecule has 1 N–H and O–H groups in total. The lowest BCUT2D eigenvalue weighted by atomic mass is 10.2. The number of aryl methyl sites for hydroxylation is 1. The van der Waals surface area contributed by atoms with Gasteiger partial charge in [0.05, 0.1) is 9.35 Å². The molecule has 2 nitrogen and oxygen atoms in total. The highest BCUT2D eigenvalue weighted by atomic mass is 79.9. The number of benzene rings is 1. The molecule has 88 valence electrons. The number of nitrogens with one attached hydrogen (secondary N) is 1. The first kappa shape index (κ1) is 12.8. The number of carbonyl (C=O) groups is 1. The number of thiophene rings is 1. The Morgan fingerprint density at radius 2 is 2.00 bits per heavy atom. The summed E-state index contributed by atoms with van der Waals surface area (Å²) in [5, 5.41) is 4.69. The van der Waals surface area contributed by atoms with Crippen LogP contribution >= 0.6 is 43.2 Å². The van der Waals surface area contributed by atoms with Crippen LogP contribution in [0.25, 0.3) is 0 Å². The average molecular weight is 375 g/mol. The first-order valence-corrected chi connectivity index (χ1v) is 7.34. The van der Waals surface area contributed by atoms with E-state index < -0.39 is 0 Å². The molecule has 1 aromatic carbocycles. The van der Waals surface area contributed by atoms with Crippen LogP contribution < -0.4 is 5.32 Å². The minimum Gasteiger partial charge on any atom is -0.322 e. The molecular formula is C12H9Br2NOS. The van der Waals surface area contributed by atoms with E-state index in [4.69, 9.17) is 0 Å². The smallest absolute Gasteiger partial charge is 0.256 e. The normalized spacial score (nSPS) is 10.3. The molecule has 5 heteroatoms. The van der Waals surface area contributed by atoms with Crippen molar-refractivity contribution in [1.29, 1.82) is 0 Å². The lowest BCUT2D eigenvalue weighted by molar-refractivity contribution is 0.102. The molecule has 0 radical (unpaired) electrons. The molecule has 0 spiro atoms. The SMILES string of the molecule is Cc1cc(Br)cc(NC(=O)c2csc(Br)c2)c1. The fourth-order valence-corrected chi connectivity index (χ4v) is 3.19. The Morgan fingerprint density at radius 3 is 2.59 bits per heavy atom. The first-order valence-electron chi connectivity index (χ1n) is 4.87. The third kappa shape index (κ3) is 3.40. The third-order valence-corrected chi connectivity index (χ3v) is 4.09. The molecular weight excluding hydrogens is 366 g/mol. The van der Waals surface area contributed by atoms with Crippen LogP contribution in [0.1, 0.15) is 15.9 Å². The number of hydrogen-bond donors (Lipinski definition) is 1. The van der Waals surface area contributed by atoms with Crippen molar-refractivity contribution in [2.45, 2.75) is 6.92 Å². The number of amides is 1. The Balaban J connectivity index is 2.18. The standard InChI is InChI=1S/C12H9Br2NOS/c1-7-2-9(13)5-10(3-7)15-12(16)8-4-11(14)17-6-8/h2-6H,1H3,(H,15,16). The Bertz CT molecular complexity index is 545. The van der Waals surface area contributed by atoms with Crippen molar-refractivity contribution in [3.05, 3.63) is 49.0 Å². The molecule has 0 unspecified atom stereocenters. The third-order valence-electron chi connectivity index (χ3n) is 2.13. The van der Waals surface area contributed by atoms with Crippen molar-refractivity contribution in [2.24, 2.45) is 0 Å². The number of rotatable bonds is 2. The van der Waals surface area contributed by atoms with Gasteiger partial charge in [-0.05, 0) is 52.7 Å². The highest BCUT2D eigenvalue weighted by Gasteiger charge is 2.08. The topological polar surface area (TPSA) is 29.1 Å². The second-order valence-corrected chi connectivity index (χ2v) is 6.82. The summed E-state index contributed by atoms with van der Waals surface area (Å²) in [7, 11) is 0. The van der Waals surface area contributed by atoms with E-state index >= 15 is 0 Å². The maximum absolute atomic E-state index is 11.9. The Morgan fingerprint density at radius 1 is 1.24 bits per heavy atom. The monoisotopic (exact) mass is 373 g/mol. The van der Waals surface area contributed by atoms with Crippen LogP contribution in [0.5, 0.6) is 0 Å². The van der Waals surface area contributed by atoms with Gasteiger partial charge in [-0.3, -0.25) is 4.79 Å². The summed E-state index contributed by atoms with van der Waals surface area (Å²) in [4.78, 5) is 11.9. The van der Waals surface area contributed by atoms with Gasteiger partial charge in [-0.15, -0.1) is 11.3 Å². The van der Waals surface area contributed by atoms with E-state index in [0.717, 1.165) is 19.5 Å². The summed E-state index contributed by atoms with van der Waals surface area (Å²) in [6.45, 7) is 1.99. The second kappa shape index (κ2) is 5.33. The average Bonchev–Trinajstić information content (AvgIpc) is 2.63. The molecule has 0 saturated heterocycles. The highest BCUT2D eigenvalue weighted by Crippen LogP contribution is 2.23. The van der Waals surface area contributed by atoms with E-state index in [1.165, 1.54) is 11.3 Å². The van der Waals surface area contributed by atoms with E-state index in [9.17, 15) is 4.79 Å². The highest BCUT2D eigenvalue weighted by molar-refractivity contribution is 9.11. The zero-order valence-electron chi connectivity index (χ0n) is 8.96. The van der Waals surface area contributed by atoms with E-state index in [1.54, 1.807) is 0 Å². The van der Waals surface area contributed by atoms with Gasteiger partial charge in [0.1, 0.15) is 0 Å². The van der Waals surface area contributed by atoms with Gasteiger partial charge in [0.25, 0.3) is 5.91 Å². The second-order valence-electron chi connectivity index (χ2n) is 3.61. The quantitative estimate of drug-likeness (QED) is 0.800. The van der Waals surface area contributed by atoms with Crippen LogP contribution in [0.15, 0.2) is 37.9 Å². The maximum atomic E-state index is 11.9. The van der Waals surface area contributed by atoms with E-state index in [1.807, 2.05) is 36.6 Å². The van der Waals surface area contributed by atoms with Crippen molar-refractivity contribution in [3.63, 3.8) is 0 Å². The van der Waals surface area contributed by atoms with Crippen LogP contribution in [0.3, 0.4) is 0 Å². The molecule has 1 aromatic heterocycles. The van der Waals surface area contributed by atoms with Gasteiger partial charge < -0.3 is 5.32 Å². The van der Waals surface area contributed by atoms with E-state index in [2.05, 4.69) is 37.2 Å². The molecule has 0 atom stereocenters. The van der Waals surface area contributed by atoms with Crippen LogP contribution in [-0.4, -0.2) is 5.91 Å². The summed E-state index contributed by atoms with van der Waals surface area (Å²) in [5.74, 6) is -0.0931. The minimum absolute atomic E-state index is 0.0931. The van der Waals surface area contributed by atoms with Crippen molar-refractivity contribution >= 4 is 54.8 Å². The summed E-state index contributed by atoms with van der Waals surface area (Å²) in [5.41, 5.74) is 2.56. The van der Waals surface area contributed by atoms with Gasteiger partial charge in [-0.25, -0.2) is 0 Å². The number of halogens is 2. The zero-order valence-corrected chi connectivity index (χ0v) is 12.9. The van der Waals surface area contributed by atoms with Crippen molar-refractivity contribution in [1.82, 2.24) is 0 Å². The molecule has 2 rings (SSSR count). The summed E-state index contributed by atoms with van der Waals surface area (Å²) < 4.78 is 1.91. The Kier molecular flexibility index (Phi) is 4.01. The van der Waals surface area contributed by atoms with Gasteiger partial charge in [-0.2, -0.15) is 0 Å². The van der Waals surface area contributed by atoms with Crippen molar-refractivity contribution in [3.8, 4) is 0 Å². The lowest BCUT2D eigenvalue weighted by Gasteiger charge is -2.05. The van der Waals surface area contributed by atoms with Gasteiger partial charge in [0.2, 0.25) is 0 Å². The molecule has 0 saturated carbocycles. The molecule has 0 aliphatic rings. The number of hydrogen-bond acceptors (Lipinski definition) is 2. The number of anilines is 1. The van der Waals surface area contributed by atoms with Crippen LogP contribution in [0.4, 0.5) is 5.69 Å². The number of carbonyl (C=O) groups excluding carboxylic acids is 1. The van der Waals surface area contributed by atoms with Crippen LogP contribution in [0.2, 0.25) is 0 Å². The first-order chi connectivity index (χ1) is 8.04. The predicted molar refractivity (Wildman–Crippen MR) is 78.9 cm³/mol. The lowest BCUT2D eigenvalue weighted by Crippen LogP contribution is -2.10. The maximum Gasteiger partial charge on any atom is 0.256 e. The van der Waals surface area contributed by atoms with Gasteiger partial charge in [0.15, 0.2) is 0 Å². The molecule has 1 heterocycles. The summed E-state index contributed by atoms with van der Waals surface area (Å²) in [6.07, 6.45) is 0. The molecule has 0 fully saturated rings. The fourth-order valence-electron chi connectivity index (χ4n) is 1.44.